The minimum Gasteiger partial charge on any atom is -0.492 e. The van der Waals surface area contributed by atoms with Crippen molar-refractivity contribution >= 4 is 17.6 Å². The smallest absolute Gasteiger partial charge is 0.331 e. The molecule has 0 saturated heterocycles. The average molecular weight is 533 g/mol. The van der Waals surface area contributed by atoms with E-state index in [1.807, 2.05) is 43.3 Å². The molecule has 0 radical (unpaired) electrons. The van der Waals surface area contributed by atoms with Crippen molar-refractivity contribution in [2.45, 2.75) is 71.8 Å². The van der Waals surface area contributed by atoms with Gasteiger partial charge in [0.1, 0.15) is 5.75 Å². The average Bonchev–Trinajstić information content (AvgIpc) is 2.88. The number of ether oxygens (including phenoxy) is 4. The highest BCUT2D eigenvalue weighted by atomic mass is 35.5. The van der Waals surface area contributed by atoms with Crippen molar-refractivity contribution in [3.05, 3.63) is 64.7 Å². The van der Waals surface area contributed by atoms with E-state index in [1.165, 1.54) is 0 Å². The number of carbonyl (C=O) groups is 1. The highest BCUT2D eigenvalue weighted by molar-refractivity contribution is 6.32. The van der Waals surface area contributed by atoms with E-state index in [1.54, 1.807) is 0 Å². The van der Waals surface area contributed by atoms with Gasteiger partial charge in [-0.15, -0.1) is 0 Å². The Balaban J connectivity index is 2.07. The van der Waals surface area contributed by atoms with Gasteiger partial charge in [0.2, 0.25) is 0 Å². The number of unbranched alkanes of at least 4 members (excludes halogenated alkanes) is 3. The molecule has 0 aliphatic rings. The fourth-order valence-corrected chi connectivity index (χ4v) is 3.96. The summed E-state index contributed by atoms with van der Waals surface area (Å²) in [5.74, 6) is 0.930. The standard InChI is InChI=1S/C30H41ClO6/c1-5-8-10-17-35-26-13-11-23(20-25(26)31)15-18-37-27-14-12-24(21-29(27)36-16-9-6-2)28(34-7-3)19-22(4)30(32)33/h11-14,20-21,28H,4-10,15-19H2,1-3H3,(H,32,33). The van der Waals surface area contributed by atoms with Crippen LogP contribution in [0.5, 0.6) is 17.2 Å². The first-order valence-corrected chi connectivity index (χ1v) is 13.6. The quantitative estimate of drug-likeness (QED) is 0.147. The summed E-state index contributed by atoms with van der Waals surface area (Å²) in [6.45, 7) is 11.9. The molecule has 37 heavy (non-hydrogen) atoms. The Labute approximate surface area is 226 Å². The van der Waals surface area contributed by atoms with Crippen molar-refractivity contribution in [1.82, 2.24) is 0 Å². The van der Waals surface area contributed by atoms with Gasteiger partial charge in [-0.2, -0.15) is 0 Å². The molecule has 0 amide bonds. The second-order valence-electron chi connectivity index (χ2n) is 8.88. The minimum absolute atomic E-state index is 0.100. The van der Waals surface area contributed by atoms with Gasteiger partial charge in [-0.3, -0.25) is 0 Å². The summed E-state index contributed by atoms with van der Waals surface area (Å²) in [7, 11) is 0. The number of benzene rings is 2. The van der Waals surface area contributed by atoms with E-state index in [-0.39, 0.29) is 12.0 Å². The zero-order valence-electron chi connectivity index (χ0n) is 22.4. The lowest BCUT2D eigenvalue weighted by Gasteiger charge is -2.20. The Morgan fingerprint density at radius 3 is 2.24 bits per heavy atom. The monoisotopic (exact) mass is 532 g/mol. The zero-order chi connectivity index (χ0) is 27.0. The maximum Gasteiger partial charge on any atom is 0.331 e. The Morgan fingerprint density at radius 2 is 1.57 bits per heavy atom. The molecular weight excluding hydrogens is 492 g/mol. The summed E-state index contributed by atoms with van der Waals surface area (Å²) in [4.78, 5) is 11.3. The van der Waals surface area contributed by atoms with Crippen LogP contribution in [0.15, 0.2) is 48.6 Å². The van der Waals surface area contributed by atoms with Gasteiger partial charge in [0, 0.05) is 25.0 Å². The summed E-state index contributed by atoms with van der Waals surface area (Å²) < 4.78 is 23.7. The molecule has 0 saturated carbocycles. The first-order chi connectivity index (χ1) is 17.9. The first kappa shape index (κ1) is 30.5. The second kappa shape index (κ2) is 16.9. The zero-order valence-corrected chi connectivity index (χ0v) is 23.1. The fourth-order valence-electron chi connectivity index (χ4n) is 3.70. The van der Waals surface area contributed by atoms with Crippen molar-refractivity contribution in [2.75, 3.05) is 26.4 Å². The molecule has 1 unspecified atom stereocenters. The molecule has 6 nitrogen and oxygen atoms in total. The van der Waals surface area contributed by atoms with Crippen molar-refractivity contribution in [2.24, 2.45) is 0 Å². The van der Waals surface area contributed by atoms with Gasteiger partial charge in [0.25, 0.3) is 0 Å². The Morgan fingerprint density at radius 1 is 0.892 bits per heavy atom. The summed E-state index contributed by atoms with van der Waals surface area (Å²) in [6, 6.07) is 11.5. The van der Waals surface area contributed by atoms with Crippen molar-refractivity contribution in [1.29, 1.82) is 0 Å². The van der Waals surface area contributed by atoms with E-state index in [4.69, 9.17) is 30.5 Å². The maximum atomic E-state index is 11.3. The minimum atomic E-state index is -1.03. The molecule has 7 heteroatoms. The molecule has 0 fully saturated rings. The van der Waals surface area contributed by atoms with Crippen LogP contribution in [0.2, 0.25) is 5.02 Å². The molecule has 0 bridgehead atoms. The van der Waals surface area contributed by atoms with Gasteiger partial charge >= 0.3 is 5.97 Å². The predicted octanol–water partition coefficient (Wildman–Crippen LogP) is 7.82. The lowest BCUT2D eigenvalue weighted by molar-refractivity contribution is -0.133. The Bertz CT molecular complexity index is 990. The van der Waals surface area contributed by atoms with Gasteiger partial charge in [-0.1, -0.05) is 63.4 Å². The summed E-state index contributed by atoms with van der Waals surface area (Å²) in [5, 5.41) is 9.86. The van der Waals surface area contributed by atoms with E-state index in [9.17, 15) is 9.90 Å². The summed E-state index contributed by atoms with van der Waals surface area (Å²) in [6.07, 6.45) is 5.67. The largest absolute Gasteiger partial charge is 0.492 e. The maximum absolute atomic E-state index is 11.3. The number of hydrogen-bond donors (Lipinski definition) is 1. The van der Waals surface area contributed by atoms with Crippen LogP contribution < -0.4 is 14.2 Å². The van der Waals surface area contributed by atoms with Crippen molar-refractivity contribution < 1.29 is 28.8 Å². The molecule has 2 aromatic carbocycles. The first-order valence-electron chi connectivity index (χ1n) is 13.2. The van der Waals surface area contributed by atoms with Crippen molar-refractivity contribution in [3.63, 3.8) is 0 Å². The molecule has 0 aliphatic carbocycles. The van der Waals surface area contributed by atoms with Gasteiger partial charge in [-0.05, 0) is 55.2 Å². The number of aliphatic carboxylic acids is 1. The van der Waals surface area contributed by atoms with Crippen LogP contribution in [0.25, 0.3) is 0 Å². The molecule has 1 N–H and O–H groups in total. The molecule has 2 aromatic rings. The van der Waals surface area contributed by atoms with Crippen LogP contribution in [0.1, 0.15) is 76.5 Å². The Kier molecular flexibility index (Phi) is 14.0. The molecule has 0 heterocycles. The molecular formula is C30H41ClO6. The van der Waals surface area contributed by atoms with Crippen molar-refractivity contribution in [3.8, 4) is 17.2 Å². The lowest BCUT2D eigenvalue weighted by Crippen LogP contribution is -2.11. The van der Waals surface area contributed by atoms with Crippen LogP contribution in [0, 0.1) is 0 Å². The molecule has 0 spiro atoms. The molecule has 0 aliphatic heterocycles. The van der Waals surface area contributed by atoms with Gasteiger partial charge in [0.05, 0.1) is 30.9 Å². The van der Waals surface area contributed by atoms with E-state index in [0.29, 0.717) is 55.1 Å². The second-order valence-corrected chi connectivity index (χ2v) is 9.29. The summed E-state index contributed by atoms with van der Waals surface area (Å²) in [5.41, 5.74) is 1.98. The van der Waals surface area contributed by atoms with Crippen LogP contribution in [0.3, 0.4) is 0 Å². The normalized spacial score (nSPS) is 11.7. The third kappa shape index (κ3) is 10.7. The summed E-state index contributed by atoms with van der Waals surface area (Å²) >= 11 is 6.42. The third-order valence-corrected chi connectivity index (χ3v) is 6.14. The lowest BCUT2D eigenvalue weighted by atomic mass is 10.0. The van der Waals surface area contributed by atoms with E-state index < -0.39 is 12.1 Å². The molecule has 1 atom stereocenters. The molecule has 2 rings (SSSR count). The van der Waals surface area contributed by atoms with Gasteiger partial charge in [0.15, 0.2) is 11.5 Å². The highest BCUT2D eigenvalue weighted by Crippen LogP contribution is 2.34. The highest BCUT2D eigenvalue weighted by Gasteiger charge is 2.19. The van der Waals surface area contributed by atoms with E-state index in [2.05, 4.69) is 20.4 Å². The van der Waals surface area contributed by atoms with E-state index >= 15 is 0 Å². The predicted molar refractivity (Wildman–Crippen MR) is 148 cm³/mol. The Hall–Kier alpha value is -2.70. The van der Waals surface area contributed by atoms with Gasteiger partial charge in [-0.25, -0.2) is 4.79 Å². The molecule has 204 valence electrons. The third-order valence-electron chi connectivity index (χ3n) is 5.85. The van der Waals surface area contributed by atoms with Crippen LogP contribution in [-0.4, -0.2) is 37.5 Å². The number of rotatable bonds is 19. The van der Waals surface area contributed by atoms with E-state index in [0.717, 1.165) is 43.2 Å². The SMILES string of the molecule is C=C(CC(OCC)c1ccc(OCCc2ccc(OCCCCC)c(Cl)c2)c(OCCCC)c1)C(=O)O. The number of halogens is 1. The van der Waals surface area contributed by atoms with Crippen LogP contribution in [-0.2, 0) is 16.0 Å². The van der Waals surface area contributed by atoms with Crippen LogP contribution >= 0.6 is 11.6 Å². The fraction of sp³-hybridized carbons (Fsp3) is 0.500. The number of hydrogen-bond acceptors (Lipinski definition) is 5. The van der Waals surface area contributed by atoms with Gasteiger partial charge < -0.3 is 24.1 Å². The topological polar surface area (TPSA) is 74.2 Å². The number of carboxylic acids is 1. The molecule has 0 aromatic heterocycles. The number of carboxylic acid groups (broad SMARTS) is 1. The van der Waals surface area contributed by atoms with Crippen LogP contribution in [0.4, 0.5) is 0 Å².